The van der Waals surface area contributed by atoms with Crippen LogP contribution >= 0.6 is 11.8 Å². The number of hydrogen-bond donors (Lipinski definition) is 1. The predicted octanol–water partition coefficient (Wildman–Crippen LogP) is 3.12. The second-order valence-electron chi connectivity index (χ2n) is 5.34. The van der Waals surface area contributed by atoms with Gasteiger partial charge in [0.15, 0.2) is 11.5 Å². The third-order valence-electron chi connectivity index (χ3n) is 3.11. The molecule has 1 aromatic carbocycles. The fraction of sp³-hybridized carbons (Fsp3) is 0.588. The zero-order valence-corrected chi connectivity index (χ0v) is 15.4. The van der Waals surface area contributed by atoms with Gasteiger partial charge in [-0.15, -0.1) is 11.8 Å². The Morgan fingerprint density at radius 2 is 1.87 bits per heavy atom. The number of ether oxygens (including phenoxy) is 3. The molecule has 0 heterocycles. The van der Waals surface area contributed by atoms with Gasteiger partial charge in [-0.1, -0.05) is 0 Å². The molecule has 0 spiro atoms. The Balaban J connectivity index is 2.42. The smallest absolute Gasteiger partial charge is 0.233 e. The van der Waals surface area contributed by atoms with Gasteiger partial charge in [-0.2, -0.15) is 0 Å². The maximum Gasteiger partial charge on any atom is 0.233 e. The quantitative estimate of drug-likeness (QED) is 0.523. The van der Waals surface area contributed by atoms with Gasteiger partial charge in [0, 0.05) is 18.0 Å². The lowest BCUT2D eigenvalue weighted by atomic mass is 10.3. The number of thioether (sulfide) groups is 1. The van der Waals surface area contributed by atoms with Gasteiger partial charge in [-0.05, 0) is 45.4 Å². The van der Waals surface area contributed by atoms with Crippen LogP contribution < -0.4 is 14.8 Å². The first-order valence-electron chi connectivity index (χ1n) is 7.76. The lowest BCUT2D eigenvalue weighted by Gasteiger charge is -2.14. The summed E-state index contributed by atoms with van der Waals surface area (Å²) < 4.78 is 15.9. The fourth-order valence-electron chi connectivity index (χ4n) is 1.89. The molecule has 0 aromatic heterocycles. The van der Waals surface area contributed by atoms with Crippen molar-refractivity contribution in [1.29, 1.82) is 0 Å². The second kappa shape index (κ2) is 10.4. The number of carbonyl (C=O) groups is 1. The van der Waals surface area contributed by atoms with Gasteiger partial charge in [0.2, 0.25) is 5.91 Å². The number of rotatable bonds is 10. The first kappa shape index (κ1) is 19.6. The Labute approximate surface area is 143 Å². The second-order valence-corrected chi connectivity index (χ2v) is 6.76. The van der Waals surface area contributed by atoms with Crippen molar-refractivity contribution in [3.63, 3.8) is 0 Å². The average Bonchev–Trinajstić information content (AvgIpc) is 2.53. The van der Waals surface area contributed by atoms with Gasteiger partial charge in [-0.25, -0.2) is 0 Å². The molecular formula is C17H27NO4S. The van der Waals surface area contributed by atoms with Gasteiger partial charge in [0.05, 0.1) is 25.6 Å². The van der Waals surface area contributed by atoms with Gasteiger partial charge >= 0.3 is 0 Å². The van der Waals surface area contributed by atoms with E-state index in [0.29, 0.717) is 24.7 Å². The zero-order chi connectivity index (χ0) is 17.2. The van der Waals surface area contributed by atoms with E-state index in [1.807, 2.05) is 39.0 Å². The summed E-state index contributed by atoms with van der Waals surface area (Å²) in [6.07, 6.45) is 1.04. The number of carbonyl (C=O) groups excluding carboxylic acids is 1. The van der Waals surface area contributed by atoms with Crippen LogP contribution in [0, 0.1) is 0 Å². The maximum absolute atomic E-state index is 12.1. The van der Waals surface area contributed by atoms with Crippen LogP contribution in [0.4, 0.5) is 0 Å². The van der Waals surface area contributed by atoms with Crippen LogP contribution in [-0.4, -0.2) is 44.6 Å². The molecule has 0 saturated carbocycles. The molecule has 1 rings (SSSR count). The molecule has 1 N–H and O–H groups in total. The number of amides is 1. The zero-order valence-electron chi connectivity index (χ0n) is 14.5. The highest BCUT2D eigenvalue weighted by Crippen LogP contribution is 2.33. The van der Waals surface area contributed by atoms with E-state index >= 15 is 0 Å². The fourth-order valence-corrected chi connectivity index (χ4v) is 2.81. The standard InChI is InChI=1S/C17H27NO4S/c1-12(2)22-10-6-9-18-17(19)13(3)23-14-7-8-15(20-4)16(11-14)21-5/h7-8,11-13H,6,9-10H2,1-5H3,(H,18,19). The summed E-state index contributed by atoms with van der Waals surface area (Å²) in [5.74, 6) is 1.37. The summed E-state index contributed by atoms with van der Waals surface area (Å²) in [6.45, 7) is 7.18. The monoisotopic (exact) mass is 341 g/mol. The first-order chi connectivity index (χ1) is 11.0. The van der Waals surface area contributed by atoms with E-state index in [1.165, 1.54) is 11.8 Å². The Hall–Kier alpha value is -1.40. The SMILES string of the molecule is COc1ccc(SC(C)C(=O)NCCCOC(C)C)cc1OC. The molecule has 23 heavy (non-hydrogen) atoms. The highest BCUT2D eigenvalue weighted by molar-refractivity contribution is 8.00. The van der Waals surface area contributed by atoms with Crippen LogP contribution in [0.3, 0.4) is 0 Å². The van der Waals surface area contributed by atoms with Gasteiger partial charge in [0.1, 0.15) is 0 Å². The first-order valence-corrected chi connectivity index (χ1v) is 8.64. The molecule has 1 aromatic rings. The number of benzene rings is 1. The normalized spacial score (nSPS) is 12.1. The third-order valence-corrected chi connectivity index (χ3v) is 4.20. The van der Waals surface area contributed by atoms with E-state index in [0.717, 1.165) is 11.3 Å². The average molecular weight is 341 g/mol. The summed E-state index contributed by atoms with van der Waals surface area (Å²) in [7, 11) is 3.20. The minimum atomic E-state index is -0.181. The molecule has 0 saturated heterocycles. The molecule has 0 bridgehead atoms. The molecule has 0 radical (unpaired) electrons. The van der Waals surface area contributed by atoms with E-state index in [-0.39, 0.29) is 17.3 Å². The van der Waals surface area contributed by atoms with Crippen molar-refractivity contribution in [3.05, 3.63) is 18.2 Å². The number of nitrogens with one attached hydrogen (secondary N) is 1. The van der Waals surface area contributed by atoms with E-state index < -0.39 is 0 Å². The lowest BCUT2D eigenvalue weighted by Crippen LogP contribution is -2.32. The molecule has 0 aliphatic rings. The maximum atomic E-state index is 12.1. The van der Waals surface area contributed by atoms with Crippen molar-refractivity contribution in [2.75, 3.05) is 27.4 Å². The van der Waals surface area contributed by atoms with Gasteiger partial charge in [0.25, 0.3) is 0 Å². The Kier molecular flexibility index (Phi) is 8.87. The summed E-state index contributed by atoms with van der Waals surface area (Å²) in [5.41, 5.74) is 0. The summed E-state index contributed by atoms with van der Waals surface area (Å²) >= 11 is 1.49. The molecule has 0 aliphatic heterocycles. The molecule has 5 nitrogen and oxygen atoms in total. The molecule has 1 unspecified atom stereocenters. The molecule has 0 fully saturated rings. The Morgan fingerprint density at radius 3 is 2.48 bits per heavy atom. The van der Waals surface area contributed by atoms with Crippen molar-refractivity contribution in [1.82, 2.24) is 5.32 Å². The predicted molar refractivity (Wildman–Crippen MR) is 93.6 cm³/mol. The summed E-state index contributed by atoms with van der Waals surface area (Å²) in [6, 6.07) is 5.64. The van der Waals surface area contributed by atoms with Crippen LogP contribution in [0.1, 0.15) is 27.2 Å². The molecule has 1 amide bonds. The molecule has 0 aliphatic carbocycles. The van der Waals surface area contributed by atoms with Crippen molar-refractivity contribution < 1.29 is 19.0 Å². The number of hydrogen-bond acceptors (Lipinski definition) is 5. The molecule has 1 atom stereocenters. The highest BCUT2D eigenvalue weighted by Gasteiger charge is 2.15. The van der Waals surface area contributed by atoms with Crippen molar-refractivity contribution >= 4 is 17.7 Å². The van der Waals surface area contributed by atoms with Crippen LogP contribution in [0.5, 0.6) is 11.5 Å². The molecular weight excluding hydrogens is 314 g/mol. The van der Waals surface area contributed by atoms with Crippen LogP contribution in [0.15, 0.2) is 23.1 Å². The minimum absolute atomic E-state index is 0.0225. The van der Waals surface area contributed by atoms with E-state index in [4.69, 9.17) is 14.2 Å². The Bertz CT molecular complexity index is 493. The minimum Gasteiger partial charge on any atom is -0.493 e. The topological polar surface area (TPSA) is 56.8 Å². The van der Waals surface area contributed by atoms with Crippen molar-refractivity contribution in [3.8, 4) is 11.5 Å². The molecule has 130 valence electrons. The summed E-state index contributed by atoms with van der Waals surface area (Å²) in [4.78, 5) is 13.1. The van der Waals surface area contributed by atoms with Gasteiger partial charge in [-0.3, -0.25) is 4.79 Å². The molecule has 6 heteroatoms. The largest absolute Gasteiger partial charge is 0.493 e. The number of methoxy groups -OCH3 is 2. The van der Waals surface area contributed by atoms with Crippen molar-refractivity contribution in [2.45, 2.75) is 43.4 Å². The van der Waals surface area contributed by atoms with Crippen LogP contribution in [0.25, 0.3) is 0 Å². The van der Waals surface area contributed by atoms with Crippen LogP contribution in [0.2, 0.25) is 0 Å². The van der Waals surface area contributed by atoms with Crippen LogP contribution in [-0.2, 0) is 9.53 Å². The van der Waals surface area contributed by atoms with Gasteiger partial charge < -0.3 is 19.5 Å². The lowest BCUT2D eigenvalue weighted by molar-refractivity contribution is -0.120. The van der Waals surface area contributed by atoms with E-state index in [2.05, 4.69) is 5.32 Å². The third kappa shape index (κ3) is 7.14. The Morgan fingerprint density at radius 1 is 1.17 bits per heavy atom. The highest BCUT2D eigenvalue weighted by atomic mass is 32.2. The van der Waals surface area contributed by atoms with Crippen molar-refractivity contribution in [2.24, 2.45) is 0 Å². The summed E-state index contributed by atoms with van der Waals surface area (Å²) in [5, 5.41) is 2.75. The van der Waals surface area contributed by atoms with E-state index in [9.17, 15) is 4.79 Å². The van der Waals surface area contributed by atoms with E-state index in [1.54, 1.807) is 14.2 Å².